The van der Waals surface area contributed by atoms with Gasteiger partial charge in [0.1, 0.15) is 0 Å². The molecule has 22 heavy (non-hydrogen) atoms. The normalized spacial score (nSPS) is 11.4. The lowest BCUT2D eigenvalue weighted by atomic mass is 10.2. The lowest BCUT2D eigenvalue weighted by molar-refractivity contribution is 0.0950. The highest BCUT2D eigenvalue weighted by atomic mass is 32.2. The maximum absolute atomic E-state index is 12.3. The molecule has 0 aliphatic heterocycles. The number of carbonyl (C=O) groups excluding carboxylic acids is 1. The molecule has 0 aliphatic carbocycles. The van der Waals surface area contributed by atoms with Crippen LogP contribution in [0.1, 0.15) is 15.9 Å². The predicted molar refractivity (Wildman–Crippen MR) is 82.7 cm³/mol. The zero-order valence-corrected chi connectivity index (χ0v) is 13.2. The summed E-state index contributed by atoms with van der Waals surface area (Å²) >= 11 is 0. The summed E-state index contributed by atoms with van der Waals surface area (Å²) in [5.74, 6) is -0.278. The fourth-order valence-corrected chi connectivity index (χ4v) is 2.99. The summed E-state index contributed by atoms with van der Waals surface area (Å²) in [5, 5.41) is 2.72. The smallest absolute Gasteiger partial charge is 0.251 e. The zero-order valence-electron chi connectivity index (χ0n) is 12.4. The van der Waals surface area contributed by atoms with Crippen LogP contribution in [0.25, 0.3) is 0 Å². The fourth-order valence-electron chi connectivity index (χ4n) is 1.88. The highest BCUT2D eigenvalue weighted by Gasteiger charge is 2.20. The molecule has 0 bridgehead atoms. The summed E-state index contributed by atoms with van der Waals surface area (Å²) in [4.78, 5) is 16.1. The third-order valence-corrected chi connectivity index (χ3v) is 5.03. The van der Waals surface area contributed by atoms with Crippen LogP contribution in [0.15, 0.2) is 53.7 Å². The van der Waals surface area contributed by atoms with Gasteiger partial charge in [0.15, 0.2) is 0 Å². The van der Waals surface area contributed by atoms with Crippen molar-refractivity contribution in [2.45, 2.75) is 11.4 Å². The Bertz CT molecular complexity index is 759. The van der Waals surface area contributed by atoms with Gasteiger partial charge in [-0.15, -0.1) is 0 Å². The Hall–Kier alpha value is -2.25. The van der Waals surface area contributed by atoms with Crippen molar-refractivity contribution in [2.75, 3.05) is 14.1 Å². The van der Waals surface area contributed by atoms with Gasteiger partial charge in [-0.05, 0) is 23.8 Å². The number of nitrogens with one attached hydrogen (secondary N) is 1. The molecule has 116 valence electrons. The molecule has 0 spiro atoms. The zero-order chi connectivity index (χ0) is 16.2. The first-order valence-electron chi connectivity index (χ1n) is 6.61. The lowest BCUT2D eigenvalue weighted by Gasteiger charge is -2.15. The maximum atomic E-state index is 12.3. The summed E-state index contributed by atoms with van der Waals surface area (Å²) in [5.41, 5.74) is 1.02. The number of carbonyl (C=O) groups is 1. The van der Waals surface area contributed by atoms with Crippen molar-refractivity contribution in [3.63, 3.8) is 0 Å². The molecule has 0 atom stereocenters. The van der Waals surface area contributed by atoms with Crippen LogP contribution in [0, 0.1) is 0 Å². The van der Waals surface area contributed by atoms with Crippen molar-refractivity contribution < 1.29 is 13.2 Å². The summed E-state index contributed by atoms with van der Waals surface area (Å²) < 4.78 is 25.7. The number of rotatable bonds is 5. The molecule has 1 aromatic heterocycles. The number of benzene rings is 1. The Morgan fingerprint density at radius 2 is 1.77 bits per heavy atom. The second kappa shape index (κ2) is 6.67. The van der Waals surface area contributed by atoms with Crippen LogP contribution in [0.5, 0.6) is 0 Å². The molecule has 0 saturated heterocycles. The van der Waals surface area contributed by atoms with Crippen LogP contribution in [-0.2, 0) is 16.6 Å². The largest absolute Gasteiger partial charge is 0.348 e. The Kier molecular flexibility index (Phi) is 4.89. The Labute approximate surface area is 129 Å². The van der Waals surface area contributed by atoms with E-state index in [2.05, 4.69) is 10.3 Å². The van der Waals surface area contributed by atoms with Crippen molar-refractivity contribution in [1.29, 1.82) is 0 Å². The second-order valence-electron chi connectivity index (χ2n) is 4.81. The van der Waals surface area contributed by atoms with E-state index in [4.69, 9.17) is 0 Å². The molecule has 0 saturated carbocycles. The van der Waals surface area contributed by atoms with E-state index in [-0.39, 0.29) is 17.3 Å². The minimum atomic E-state index is -3.55. The summed E-state index contributed by atoms with van der Waals surface area (Å²) in [6, 6.07) is 9.80. The highest BCUT2D eigenvalue weighted by molar-refractivity contribution is 7.89. The minimum Gasteiger partial charge on any atom is -0.348 e. The van der Waals surface area contributed by atoms with Gasteiger partial charge in [-0.25, -0.2) is 12.7 Å². The van der Waals surface area contributed by atoms with Gasteiger partial charge in [0.25, 0.3) is 5.91 Å². The first-order chi connectivity index (χ1) is 10.4. The molecule has 1 heterocycles. The van der Waals surface area contributed by atoms with Crippen LogP contribution in [-0.4, -0.2) is 37.7 Å². The third-order valence-electron chi connectivity index (χ3n) is 3.11. The van der Waals surface area contributed by atoms with Gasteiger partial charge >= 0.3 is 0 Å². The van der Waals surface area contributed by atoms with E-state index >= 15 is 0 Å². The average molecular weight is 319 g/mol. The molecule has 7 heteroatoms. The molecule has 6 nitrogen and oxygen atoms in total. The van der Waals surface area contributed by atoms with Crippen molar-refractivity contribution in [3.05, 3.63) is 59.9 Å². The first-order valence-corrected chi connectivity index (χ1v) is 8.05. The number of hydrogen-bond donors (Lipinski definition) is 1. The van der Waals surface area contributed by atoms with Gasteiger partial charge in [-0.2, -0.15) is 0 Å². The molecule has 1 N–H and O–H groups in total. The minimum absolute atomic E-state index is 0.129. The van der Waals surface area contributed by atoms with Crippen molar-refractivity contribution in [3.8, 4) is 0 Å². The molecular weight excluding hydrogens is 302 g/mol. The van der Waals surface area contributed by atoms with E-state index in [1.165, 1.54) is 32.6 Å². The molecule has 2 aromatic rings. The topological polar surface area (TPSA) is 79.4 Å². The average Bonchev–Trinajstić information content (AvgIpc) is 2.53. The summed E-state index contributed by atoms with van der Waals surface area (Å²) in [6.07, 6.45) is 3.05. The predicted octanol–water partition coefficient (Wildman–Crippen LogP) is 1.26. The van der Waals surface area contributed by atoms with Gasteiger partial charge in [0.2, 0.25) is 10.0 Å². The third kappa shape index (κ3) is 3.49. The van der Waals surface area contributed by atoms with Gasteiger partial charge in [0, 0.05) is 38.6 Å². The highest BCUT2D eigenvalue weighted by Crippen LogP contribution is 2.18. The molecule has 1 amide bonds. The van der Waals surface area contributed by atoms with Gasteiger partial charge < -0.3 is 5.32 Å². The number of nitrogens with zero attached hydrogens (tertiary/aromatic N) is 2. The first kappa shape index (κ1) is 16.1. The van der Waals surface area contributed by atoms with Crippen LogP contribution in [0.2, 0.25) is 0 Å². The van der Waals surface area contributed by atoms with E-state index in [1.807, 2.05) is 0 Å². The second-order valence-corrected chi connectivity index (χ2v) is 6.93. The molecule has 0 radical (unpaired) electrons. The molecule has 1 aromatic carbocycles. The number of hydrogen-bond acceptors (Lipinski definition) is 4. The standard InChI is InChI=1S/C15H17N3O3S/c1-18(2)22(20,21)14-6-4-3-5-13(14)11-17-15(19)12-7-9-16-10-8-12/h3-10H,11H2,1-2H3,(H,17,19). The Balaban J connectivity index is 2.20. The van der Waals surface area contributed by atoms with Crippen molar-refractivity contribution in [2.24, 2.45) is 0 Å². The SMILES string of the molecule is CN(C)S(=O)(=O)c1ccccc1CNC(=O)c1ccncc1. The molecule has 0 aliphatic rings. The monoisotopic (exact) mass is 319 g/mol. The van der Waals surface area contributed by atoms with Crippen molar-refractivity contribution >= 4 is 15.9 Å². The molecule has 2 rings (SSSR count). The van der Waals surface area contributed by atoms with Crippen LogP contribution >= 0.6 is 0 Å². The fraction of sp³-hybridized carbons (Fsp3) is 0.200. The van der Waals surface area contributed by atoms with Crippen LogP contribution in [0.4, 0.5) is 0 Å². The number of aromatic nitrogens is 1. The van der Waals surface area contributed by atoms with E-state index in [1.54, 1.807) is 30.3 Å². The van der Waals surface area contributed by atoms with E-state index in [0.29, 0.717) is 11.1 Å². The number of amides is 1. The van der Waals surface area contributed by atoms with Crippen molar-refractivity contribution in [1.82, 2.24) is 14.6 Å². The van der Waals surface area contributed by atoms with E-state index in [0.717, 1.165) is 4.31 Å². The number of sulfonamides is 1. The summed E-state index contributed by atoms with van der Waals surface area (Å²) in [6.45, 7) is 0.129. The molecule has 0 fully saturated rings. The Morgan fingerprint density at radius 3 is 2.41 bits per heavy atom. The van der Waals surface area contributed by atoms with Crippen LogP contribution in [0.3, 0.4) is 0 Å². The van der Waals surface area contributed by atoms with Crippen LogP contribution < -0.4 is 5.32 Å². The molecular formula is C15H17N3O3S. The lowest BCUT2D eigenvalue weighted by Crippen LogP contribution is -2.27. The summed E-state index contributed by atoms with van der Waals surface area (Å²) in [7, 11) is -0.600. The quantitative estimate of drug-likeness (QED) is 0.900. The molecule has 0 unspecified atom stereocenters. The van der Waals surface area contributed by atoms with Gasteiger partial charge in [-0.3, -0.25) is 9.78 Å². The van der Waals surface area contributed by atoms with E-state index < -0.39 is 10.0 Å². The van der Waals surface area contributed by atoms with E-state index in [9.17, 15) is 13.2 Å². The Morgan fingerprint density at radius 1 is 1.14 bits per heavy atom. The van der Waals surface area contributed by atoms with Gasteiger partial charge in [-0.1, -0.05) is 18.2 Å². The number of pyridine rings is 1. The maximum Gasteiger partial charge on any atom is 0.251 e. The van der Waals surface area contributed by atoms with Gasteiger partial charge in [0.05, 0.1) is 4.90 Å².